The molecule has 0 aliphatic heterocycles. The van der Waals surface area contributed by atoms with Gasteiger partial charge in [0.05, 0.1) is 7.11 Å². The maximum atomic E-state index is 12.5. The molecule has 2 N–H and O–H groups in total. The second kappa shape index (κ2) is 4.85. The molecule has 1 atom stereocenters. The first-order valence-electron chi connectivity index (χ1n) is 4.86. The summed E-state index contributed by atoms with van der Waals surface area (Å²) in [5.41, 5.74) is -3.75. The van der Waals surface area contributed by atoms with Crippen LogP contribution >= 0.6 is 0 Å². The molecule has 1 aromatic rings. The molecule has 100 valence electrons. The fraction of sp³-hybridized carbons (Fsp3) is 0.364. The summed E-state index contributed by atoms with van der Waals surface area (Å²) in [6.07, 6.45) is -6.31. The van der Waals surface area contributed by atoms with Crippen LogP contribution in [0.25, 0.3) is 0 Å². The van der Waals surface area contributed by atoms with Gasteiger partial charge in [-0.25, -0.2) is 4.79 Å². The highest BCUT2D eigenvalue weighted by atomic mass is 19.4. The molecule has 0 saturated heterocycles. The van der Waals surface area contributed by atoms with Crippen molar-refractivity contribution < 1.29 is 32.9 Å². The van der Waals surface area contributed by atoms with Crippen molar-refractivity contribution in [2.45, 2.75) is 18.2 Å². The Kier molecular flexibility index (Phi) is 3.85. The SMILES string of the molecule is COc1ccc(CC(O)(C(=O)O)C(F)(F)F)cc1. The first-order valence-corrected chi connectivity index (χ1v) is 4.86. The lowest BCUT2D eigenvalue weighted by Gasteiger charge is -2.26. The van der Waals surface area contributed by atoms with Gasteiger partial charge < -0.3 is 14.9 Å². The van der Waals surface area contributed by atoms with Crippen LogP contribution in [0.15, 0.2) is 24.3 Å². The molecular weight excluding hydrogens is 253 g/mol. The van der Waals surface area contributed by atoms with Gasteiger partial charge in [0.1, 0.15) is 5.75 Å². The van der Waals surface area contributed by atoms with Gasteiger partial charge in [-0.15, -0.1) is 0 Å². The Labute approximate surface area is 101 Å². The summed E-state index contributed by atoms with van der Waals surface area (Å²) in [5.74, 6) is -1.91. The minimum atomic E-state index is -5.25. The molecule has 0 saturated carbocycles. The van der Waals surface area contributed by atoms with Crippen LogP contribution < -0.4 is 4.74 Å². The van der Waals surface area contributed by atoms with Crippen molar-refractivity contribution in [2.75, 3.05) is 7.11 Å². The predicted molar refractivity (Wildman–Crippen MR) is 55.3 cm³/mol. The molecule has 7 heteroatoms. The molecule has 4 nitrogen and oxygen atoms in total. The average molecular weight is 264 g/mol. The van der Waals surface area contributed by atoms with Gasteiger partial charge in [-0.1, -0.05) is 12.1 Å². The number of halogens is 3. The van der Waals surface area contributed by atoms with E-state index in [4.69, 9.17) is 9.84 Å². The second-order valence-electron chi connectivity index (χ2n) is 3.69. The Balaban J connectivity index is 3.01. The molecule has 18 heavy (non-hydrogen) atoms. The Hall–Kier alpha value is -1.76. The maximum Gasteiger partial charge on any atom is 0.428 e. The summed E-state index contributed by atoms with van der Waals surface area (Å²) >= 11 is 0. The van der Waals surface area contributed by atoms with Gasteiger partial charge in [-0.2, -0.15) is 13.2 Å². The number of benzene rings is 1. The summed E-state index contributed by atoms with van der Waals surface area (Å²) in [5, 5.41) is 17.8. The molecule has 0 aromatic heterocycles. The summed E-state index contributed by atoms with van der Waals surface area (Å²) in [6, 6.07) is 5.29. The number of aliphatic hydroxyl groups is 1. The molecule has 1 unspecified atom stereocenters. The highest BCUT2D eigenvalue weighted by Crippen LogP contribution is 2.33. The number of carbonyl (C=O) groups is 1. The van der Waals surface area contributed by atoms with E-state index < -0.39 is 24.2 Å². The topological polar surface area (TPSA) is 66.8 Å². The Morgan fingerprint density at radius 2 is 1.78 bits per heavy atom. The third-order valence-electron chi connectivity index (χ3n) is 2.44. The first kappa shape index (κ1) is 14.3. The van der Waals surface area contributed by atoms with E-state index in [9.17, 15) is 23.1 Å². The van der Waals surface area contributed by atoms with Gasteiger partial charge in [0.2, 0.25) is 0 Å². The summed E-state index contributed by atoms with van der Waals surface area (Å²) < 4.78 is 42.4. The van der Waals surface area contributed by atoms with E-state index in [0.717, 1.165) is 0 Å². The molecule has 0 aliphatic carbocycles. The fourth-order valence-electron chi connectivity index (χ4n) is 1.34. The number of carboxylic acid groups (broad SMARTS) is 1. The van der Waals surface area contributed by atoms with Crippen LogP contribution in [0.5, 0.6) is 5.75 Å². The largest absolute Gasteiger partial charge is 0.497 e. The molecule has 0 radical (unpaired) electrons. The standard InChI is InChI=1S/C11H11F3O4/c1-18-8-4-2-7(3-5-8)6-10(17,9(15)16)11(12,13)14/h2-5,17H,6H2,1H3,(H,15,16). The summed E-state index contributed by atoms with van der Waals surface area (Å²) in [7, 11) is 1.39. The van der Waals surface area contributed by atoms with Gasteiger partial charge in [-0.3, -0.25) is 0 Å². The zero-order valence-electron chi connectivity index (χ0n) is 9.36. The highest BCUT2D eigenvalue weighted by Gasteiger charge is 2.59. The quantitative estimate of drug-likeness (QED) is 0.867. The van der Waals surface area contributed by atoms with E-state index >= 15 is 0 Å². The van der Waals surface area contributed by atoms with Gasteiger partial charge in [-0.05, 0) is 17.7 Å². The smallest absolute Gasteiger partial charge is 0.428 e. The van der Waals surface area contributed by atoms with Crippen LogP contribution in [0.1, 0.15) is 5.56 Å². The number of hydrogen-bond acceptors (Lipinski definition) is 3. The normalized spacial score (nSPS) is 14.9. The lowest BCUT2D eigenvalue weighted by molar-refractivity contribution is -0.259. The highest BCUT2D eigenvalue weighted by molar-refractivity contribution is 5.78. The maximum absolute atomic E-state index is 12.5. The molecule has 0 fully saturated rings. The number of alkyl halides is 3. The summed E-state index contributed by atoms with van der Waals surface area (Å²) in [4.78, 5) is 10.6. The molecule has 0 heterocycles. The number of methoxy groups -OCH3 is 1. The van der Waals surface area contributed by atoms with Gasteiger partial charge in [0.15, 0.2) is 0 Å². The molecule has 1 rings (SSSR count). The minimum absolute atomic E-state index is 0.0398. The first-order chi connectivity index (χ1) is 8.20. The molecule has 0 spiro atoms. The van der Waals surface area contributed by atoms with Crippen molar-refractivity contribution in [2.24, 2.45) is 0 Å². The second-order valence-corrected chi connectivity index (χ2v) is 3.69. The molecule has 0 amide bonds. The third-order valence-corrected chi connectivity index (χ3v) is 2.44. The minimum Gasteiger partial charge on any atom is -0.497 e. The molecule has 1 aromatic carbocycles. The zero-order chi connectivity index (χ0) is 14.0. The van der Waals surface area contributed by atoms with E-state index in [0.29, 0.717) is 5.75 Å². The van der Waals surface area contributed by atoms with Gasteiger partial charge >= 0.3 is 12.1 Å². The lowest BCUT2D eigenvalue weighted by Crippen LogP contribution is -2.53. The van der Waals surface area contributed by atoms with Crippen molar-refractivity contribution in [1.29, 1.82) is 0 Å². The Morgan fingerprint density at radius 3 is 2.11 bits per heavy atom. The Morgan fingerprint density at radius 1 is 1.28 bits per heavy atom. The van der Waals surface area contributed by atoms with Crippen LogP contribution in [-0.2, 0) is 11.2 Å². The van der Waals surface area contributed by atoms with E-state index in [2.05, 4.69) is 0 Å². The number of hydrogen-bond donors (Lipinski definition) is 2. The van der Waals surface area contributed by atoms with Gasteiger partial charge in [0, 0.05) is 6.42 Å². The number of ether oxygens (including phenoxy) is 1. The van der Waals surface area contributed by atoms with E-state index in [1.54, 1.807) is 0 Å². The predicted octanol–water partition coefficient (Wildman–Crippen LogP) is 1.62. The van der Waals surface area contributed by atoms with Crippen LogP contribution in [0.2, 0.25) is 0 Å². The molecular formula is C11H11F3O4. The van der Waals surface area contributed by atoms with Crippen molar-refractivity contribution >= 4 is 5.97 Å². The monoisotopic (exact) mass is 264 g/mol. The zero-order valence-corrected chi connectivity index (χ0v) is 9.36. The van der Waals surface area contributed by atoms with Crippen LogP contribution in [0, 0.1) is 0 Å². The number of rotatable bonds is 4. The lowest BCUT2D eigenvalue weighted by atomic mass is 9.94. The van der Waals surface area contributed by atoms with Crippen molar-refractivity contribution in [3.05, 3.63) is 29.8 Å². The van der Waals surface area contributed by atoms with Crippen LogP contribution in [0.3, 0.4) is 0 Å². The third kappa shape index (κ3) is 2.73. The van der Waals surface area contributed by atoms with E-state index in [1.807, 2.05) is 0 Å². The number of aliphatic carboxylic acids is 1. The summed E-state index contributed by atoms with van der Waals surface area (Å²) in [6.45, 7) is 0. The van der Waals surface area contributed by atoms with Crippen LogP contribution in [0.4, 0.5) is 13.2 Å². The fourth-order valence-corrected chi connectivity index (χ4v) is 1.34. The van der Waals surface area contributed by atoms with Crippen molar-refractivity contribution in [1.82, 2.24) is 0 Å². The number of carboxylic acids is 1. The van der Waals surface area contributed by atoms with E-state index in [-0.39, 0.29) is 5.56 Å². The molecule has 0 bridgehead atoms. The van der Waals surface area contributed by atoms with Crippen molar-refractivity contribution in [3.63, 3.8) is 0 Å². The Bertz CT molecular complexity index is 427. The van der Waals surface area contributed by atoms with E-state index in [1.165, 1.54) is 31.4 Å². The van der Waals surface area contributed by atoms with Crippen LogP contribution in [-0.4, -0.2) is 35.1 Å². The van der Waals surface area contributed by atoms with Gasteiger partial charge in [0.25, 0.3) is 5.60 Å². The van der Waals surface area contributed by atoms with Crippen molar-refractivity contribution in [3.8, 4) is 5.75 Å². The average Bonchev–Trinajstić information content (AvgIpc) is 2.28. The molecule has 0 aliphatic rings.